The number of carbonyl (C=O) groups is 1. The molecule has 2 N–H and O–H groups in total. The molecule has 3 rings (SSSR count). The maximum absolute atomic E-state index is 10.4. The van der Waals surface area contributed by atoms with Crippen molar-refractivity contribution in [2.75, 3.05) is 13.6 Å². The third-order valence-electron chi connectivity index (χ3n) is 2.13. The Balaban J connectivity index is 0.000000110. The molecule has 4 nitrogen and oxygen atoms in total. The van der Waals surface area contributed by atoms with E-state index in [-0.39, 0.29) is 6.09 Å². The Bertz CT molecular complexity index is 348. The number of fused-ring (bicyclic) bond motifs is 1. The smallest absolute Gasteiger partial charge is 0.411 e. The van der Waals surface area contributed by atoms with Crippen molar-refractivity contribution in [2.45, 2.75) is 6.23 Å². The first-order valence-electron chi connectivity index (χ1n) is 4.44. The van der Waals surface area contributed by atoms with Crippen LogP contribution in [0.15, 0.2) is 24.3 Å². The van der Waals surface area contributed by atoms with Crippen molar-refractivity contribution in [2.24, 2.45) is 5.73 Å². The third-order valence-corrected chi connectivity index (χ3v) is 2.13. The van der Waals surface area contributed by atoms with Crippen molar-refractivity contribution in [3.63, 3.8) is 0 Å². The molecule has 1 aliphatic heterocycles. The van der Waals surface area contributed by atoms with Crippen LogP contribution in [0.25, 0.3) is 11.1 Å². The molecule has 1 saturated heterocycles. The first-order valence-corrected chi connectivity index (χ1v) is 4.44. The van der Waals surface area contributed by atoms with Crippen LogP contribution in [-0.4, -0.2) is 30.8 Å². The van der Waals surface area contributed by atoms with E-state index in [2.05, 4.69) is 29.0 Å². The summed E-state index contributed by atoms with van der Waals surface area (Å²) in [5, 5.41) is 0. The summed E-state index contributed by atoms with van der Waals surface area (Å²) in [4.78, 5) is 11.8. The second-order valence-electron chi connectivity index (χ2n) is 3.38. The molecule has 0 aromatic carbocycles. The Morgan fingerprint density at radius 1 is 1.50 bits per heavy atom. The standard InChI is InChI=1S/C6H4.C4H8N2O2/c1-2-5-4-6(5)3-1;1-6-2-3(5)8-4(6)7/h1-4H;3H,2,5H2,1H3. The summed E-state index contributed by atoms with van der Waals surface area (Å²) in [5.74, 6) is 0. The van der Waals surface area contributed by atoms with Gasteiger partial charge in [-0.3, -0.25) is 5.73 Å². The maximum Gasteiger partial charge on any atom is 0.411 e. The molecule has 0 aromatic heterocycles. The van der Waals surface area contributed by atoms with E-state index >= 15 is 0 Å². The molecule has 0 spiro atoms. The highest BCUT2D eigenvalue weighted by atomic mass is 16.6. The van der Waals surface area contributed by atoms with Crippen molar-refractivity contribution in [3.8, 4) is 11.1 Å². The normalized spacial score (nSPS) is 21.1. The molecule has 1 atom stereocenters. The topological polar surface area (TPSA) is 55.6 Å². The predicted molar refractivity (Wildman–Crippen MR) is 52.5 cm³/mol. The van der Waals surface area contributed by atoms with Gasteiger partial charge in [-0.15, -0.1) is 0 Å². The van der Waals surface area contributed by atoms with Gasteiger partial charge in [-0.25, -0.2) is 4.79 Å². The number of likely N-dealkylation sites (N-methyl/N-ethyl adjacent to an activating group) is 1. The number of rotatable bonds is 0. The number of nitrogens with two attached hydrogens (primary N) is 1. The number of amides is 1. The van der Waals surface area contributed by atoms with Crippen LogP contribution in [0.1, 0.15) is 0 Å². The lowest BCUT2D eigenvalue weighted by Crippen LogP contribution is -2.24. The van der Waals surface area contributed by atoms with E-state index in [0.717, 1.165) is 0 Å². The minimum absolute atomic E-state index is 0.336. The van der Waals surface area contributed by atoms with Gasteiger partial charge < -0.3 is 9.64 Å². The summed E-state index contributed by atoms with van der Waals surface area (Å²) in [7, 11) is 1.65. The van der Waals surface area contributed by atoms with E-state index in [9.17, 15) is 4.79 Å². The van der Waals surface area contributed by atoms with Gasteiger partial charge in [0.25, 0.3) is 0 Å². The van der Waals surface area contributed by atoms with Crippen LogP contribution in [0.5, 0.6) is 0 Å². The molecule has 1 fully saturated rings. The highest BCUT2D eigenvalue weighted by Gasteiger charge is 2.24. The summed E-state index contributed by atoms with van der Waals surface area (Å²) < 4.78 is 4.54. The molecule has 4 heteroatoms. The lowest BCUT2D eigenvalue weighted by Gasteiger charge is -1.99. The zero-order chi connectivity index (χ0) is 10.1. The molecule has 1 heterocycles. The zero-order valence-corrected chi connectivity index (χ0v) is 7.93. The molecular weight excluding hydrogens is 180 g/mol. The summed E-state index contributed by atoms with van der Waals surface area (Å²) >= 11 is 0. The van der Waals surface area contributed by atoms with Gasteiger partial charge in [0.1, 0.15) is 0 Å². The molecule has 0 aromatic rings. The van der Waals surface area contributed by atoms with Crippen molar-refractivity contribution in [1.29, 1.82) is 0 Å². The maximum atomic E-state index is 10.4. The molecule has 0 radical (unpaired) electrons. The van der Waals surface area contributed by atoms with Crippen molar-refractivity contribution in [3.05, 3.63) is 24.3 Å². The van der Waals surface area contributed by atoms with Crippen molar-refractivity contribution < 1.29 is 9.53 Å². The van der Waals surface area contributed by atoms with Crippen LogP contribution in [0.3, 0.4) is 0 Å². The van der Waals surface area contributed by atoms with Gasteiger partial charge in [0.2, 0.25) is 0 Å². The number of carbonyl (C=O) groups excluding carboxylic acids is 1. The molecule has 2 aliphatic carbocycles. The molecule has 3 aliphatic rings. The summed E-state index contributed by atoms with van der Waals surface area (Å²) in [5.41, 5.74) is 8.08. The lowest BCUT2D eigenvalue weighted by molar-refractivity contribution is 0.137. The Labute approximate surface area is 82.3 Å². The predicted octanol–water partition coefficient (Wildman–Crippen LogP) is 1.02. The van der Waals surface area contributed by atoms with E-state index in [1.165, 1.54) is 16.0 Å². The Morgan fingerprint density at radius 2 is 2.14 bits per heavy atom. The fraction of sp³-hybridized carbons (Fsp3) is 0.300. The average Bonchev–Trinajstić information content (AvgIpc) is 2.61. The third kappa shape index (κ3) is 1.85. The highest BCUT2D eigenvalue weighted by Crippen LogP contribution is 2.32. The molecule has 1 amide bonds. The van der Waals surface area contributed by atoms with Gasteiger partial charge in [-0.05, 0) is 17.2 Å². The largest absolute Gasteiger partial charge is 0.429 e. The van der Waals surface area contributed by atoms with Gasteiger partial charge >= 0.3 is 6.09 Å². The van der Waals surface area contributed by atoms with Crippen molar-refractivity contribution >= 4 is 6.09 Å². The summed E-state index contributed by atoms with van der Waals surface area (Å²) in [6, 6.07) is 8.48. The number of ether oxygens (including phenoxy) is 1. The van der Waals surface area contributed by atoms with Crippen LogP contribution in [0, 0.1) is 0 Å². The van der Waals surface area contributed by atoms with E-state index in [1.54, 1.807) is 7.05 Å². The van der Waals surface area contributed by atoms with Gasteiger partial charge in [0.05, 0.1) is 6.54 Å². The second-order valence-corrected chi connectivity index (χ2v) is 3.38. The van der Waals surface area contributed by atoms with Gasteiger partial charge in [-0.1, -0.05) is 18.2 Å². The highest BCUT2D eigenvalue weighted by molar-refractivity contribution is 5.80. The van der Waals surface area contributed by atoms with Crippen LogP contribution in [0.2, 0.25) is 0 Å². The first kappa shape index (κ1) is 9.02. The SMILES string of the molecule is CN1CC(N)OC1=O.c1cc2cc-2c1. The fourth-order valence-electron chi connectivity index (χ4n) is 1.28. The molecule has 74 valence electrons. The average molecular weight is 192 g/mol. The molecule has 0 saturated carbocycles. The number of nitrogens with zero attached hydrogens (tertiary/aromatic N) is 1. The molecule has 1 unspecified atom stereocenters. The van der Waals surface area contributed by atoms with Crippen molar-refractivity contribution in [1.82, 2.24) is 4.90 Å². The molecule has 14 heavy (non-hydrogen) atoms. The second kappa shape index (κ2) is 3.31. The molecule has 0 bridgehead atoms. The van der Waals surface area contributed by atoms with E-state index < -0.39 is 6.23 Å². The lowest BCUT2D eigenvalue weighted by atomic mass is 10.6. The van der Waals surface area contributed by atoms with Crippen LogP contribution < -0.4 is 5.73 Å². The summed E-state index contributed by atoms with van der Waals surface area (Å²) in [6.07, 6.45) is -0.759. The number of hydrogen-bond acceptors (Lipinski definition) is 3. The van der Waals surface area contributed by atoms with E-state index in [0.29, 0.717) is 6.54 Å². The monoisotopic (exact) mass is 192 g/mol. The molecular formula is C10H12N2O2. The first-order chi connectivity index (χ1) is 6.66. The van der Waals surface area contributed by atoms with E-state index in [4.69, 9.17) is 5.73 Å². The van der Waals surface area contributed by atoms with E-state index in [1.807, 2.05) is 0 Å². The number of cyclic esters (lactones) is 1. The minimum atomic E-state index is -0.424. The summed E-state index contributed by atoms with van der Waals surface area (Å²) in [6.45, 7) is 0.499. The van der Waals surface area contributed by atoms with Crippen LogP contribution in [-0.2, 0) is 4.74 Å². The number of hydrogen-bond donors (Lipinski definition) is 1. The fourth-order valence-corrected chi connectivity index (χ4v) is 1.28. The Kier molecular flexibility index (Phi) is 2.13. The quantitative estimate of drug-likeness (QED) is 0.678. The van der Waals surface area contributed by atoms with Gasteiger partial charge in [0.15, 0.2) is 6.23 Å². The Morgan fingerprint density at radius 3 is 2.29 bits per heavy atom. The van der Waals surface area contributed by atoms with Gasteiger partial charge in [-0.2, -0.15) is 0 Å². The van der Waals surface area contributed by atoms with Gasteiger partial charge in [0, 0.05) is 7.05 Å². The zero-order valence-electron chi connectivity index (χ0n) is 7.93. The van der Waals surface area contributed by atoms with Crippen LogP contribution >= 0.6 is 0 Å². The minimum Gasteiger partial charge on any atom is -0.429 e. The number of benzene rings is 1. The van der Waals surface area contributed by atoms with Crippen LogP contribution in [0.4, 0.5) is 4.79 Å². The Hall–Kier alpha value is -1.55.